The van der Waals surface area contributed by atoms with Gasteiger partial charge in [-0.3, -0.25) is 4.98 Å². The number of pyridine rings is 1. The summed E-state index contributed by atoms with van der Waals surface area (Å²) in [6.07, 6.45) is 2.77. The molecule has 7 heteroatoms. The molecule has 0 bridgehead atoms. The van der Waals surface area contributed by atoms with Crippen LogP contribution in [0, 0.1) is 19.3 Å². The van der Waals surface area contributed by atoms with Crippen LogP contribution in [0.25, 0.3) is 11.1 Å². The molecule has 3 aromatic rings. The number of aryl methyl sites for hydroxylation is 2. The second kappa shape index (κ2) is 11.5. The summed E-state index contributed by atoms with van der Waals surface area (Å²) in [7, 11) is 0. The van der Waals surface area contributed by atoms with Gasteiger partial charge in [0.25, 0.3) is 0 Å². The fourth-order valence-corrected chi connectivity index (χ4v) is 5.11. The summed E-state index contributed by atoms with van der Waals surface area (Å²) in [4.78, 5) is 9.44. The Morgan fingerprint density at radius 3 is 2.23 bits per heavy atom. The van der Waals surface area contributed by atoms with Gasteiger partial charge in [-0.15, -0.1) is 36.2 Å². The van der Waals surface area contributed by atoms with Gasteiger partial charge in [0, 0.05) is 35.3 Å². The summed E-state index contributed by atoms with van der Waals surface area (Å²) >= 11 is 3.45. The smallest absolute Gasteiger partial charge is 0.150 e. The Morgan fingerprint density at radius 1 is 1.03 bits per heavy atom. The molecule has 0 atom stereocenters. The SMILES string of the molecule is Cc1ccc(-c2c(CSc3nccs3)c(C)nc(CC(C)(C)C)c2CN)cc1.Cl.Cl. The van der Waals surface area contributed by atoms with Gasteiger partial charge >= 0.3 is 0 Å². The van der Waals surface area contributed by atoms with Gasteiger partial charge in [-0.2, -0.15) is 0 Å². The normalized spacial score (nSPS) is 11.0. The Balaban J connectivity index is 0.00000225. The van der Waals surface area contributed by atoms with Crippen molar-refractivity contribution in [3.8, 4) is 11.1 Å². The van der Waals surface area contributed by atoms with Crippen LogP contribution in [-0.2, 0) is 18.7 Å². The number of benzene rings is 1. The number of nitrogens with zero attached hydrogens (tertiary/aromatic N) is 2. The van der Waals surface area contributed by atoms with E-state index >= 15 is 0 Å². The van der Waals surface area contributed by atoms with Crippen molar-refractivity contribution in [2.75, 3.05) is 0 Å². The Bertz CT molecular complexity index is 935. The topological polar surface area (TPSA) is 51.8 Å². The number of halogens is 2. The Labute approximate surface area is 201 Å². The van der Waals surface area contributed by atoms with E-state index in [0.29, 0.717) is 6.54 Å². The van der Waals surface area contributed by atoms with Gasteiger partial charge in [0.1, 0.15) is 4.34 Å². The standard InChI is InChI=1S/C23H29N3S2.2ClH/c1-15-6-8-17(9-7-15)21-18(13-24)20(12-23(3,4)5)26-16(2)19(21)14-28-22-25-10-11-27-22;;/h6-11H,12-14,24H2,1-5H3;2*1H. The molecule has 0 radical (unpaired) electrons. The molecule has 0 saturated carbocycles. The average molecular weight is 485 g/mol. The molecule has 0 aliphatic heterocycles. The van der Waals surface area contributed by atoms with Crippen LogP contribution in [0.5, 0.6) is 0 Å². The molecule has 0 spiro atoms. The lowest BCUT2D eigenvalue weighted by atomic mass is 9.85. The first-order valence-electron chi connectivity index (χ1n) is 9.59. The maximum Gasteiger partial charge on any atom is 0.150 e. The summed E-state index contributed by atoms with van der Waals surface area (Å²) in [6.45, 7) is 11.5. The van der Waals surface area contributed by atoms with Crippen LogP contribution in [0.4, 0.5) is 0 Å². The maximum absolute atomic E-state index is 6.29. The summed E-state index contributed by atoms with van der Waals surface area (Å²) in [5, 5.41) is 2.02. The summed E-state index contributed by atoms with van der Waals surface area (Å²) < 4.78 is 1.09. The number of thiazole rings is 1. The van der Waals surface area contributed by atoms with Crippen molar-refractivity contribution in [1.29, 1.82) is 0 Å². The first-order valence-corrected chi connectivity index (χ1v) is 11.5. The van der Waals surface area contributed by atoms with Crippen LogP contribution in [0.1, 0.15) is 48.8 Å². The number of rotatable bonds is 6. The average Bonchev–Trinajstić information content (AvgIpc) is 3.13. The van der Waals surface area contributed by atoms with E-state index in [1.54, 1.807) is 23.1 Å². The van der Waals surface area contributed by atoms with Gasteiger partial charge in [0.05, 0.1) is 0 Å². The molecule has 1 aromatic carbocycles. The van der Waals surface area contributed by atoms with Gasteiger partial charge in [0.15, 0.2) is 0 Å². The van der Waals surface area contributed by atoms with Crippen LogP contribution in [-0.4, -0.2) is 9.97 Å². The van der Waals surface area contributed by atoms with E-state index in [4.69, 9.17) is 10.7 Å². The monoisotopic (exact) mass is 483 g/mol. The molecule has 3 rings (SSSR count). The second-order valence-corrected chi connectivity index (χ2v) is 10.5. The molecular formula is C23H31Cl2N3S2. The molecule has 2 heterocycles. The van der Waals surface area contributed by atoms with Crippen molar-refractivity contribution in [2.45, 2.75) is 57.7 Å². The number of nitrogens with two attached hydrogens (primary N) is 1. The third-order valence-corrected chi connectivity index (χ3v) is 6.68. The van der Waals surface area contributed by atoms with E-state index in [1.165, 1.54) is 27.8 Å². The minimum absolute atomic E-state index is 0. The van der Waals surface area contributed by atoms with Gasteiger partial charge in [-0.25, -0.2) is 4.98 Å². The first kappa shape index (κ1) is 26.9. The molecule has 3 nitrogen and oxygen atoms in total. The number of aromatic nitrogens is 2. The van der Waals surface area contributed by atoms with E-state index in [2.05, 4.69) is 63.9 Å². The molecule has 30 heavy (non-hydrogen) atoms. The molecule has 0 aliphatic rings. The Kier molecular flexibility index (Phi) is 10.3. The Hall–Kier alpha value is -1.11. The Morgan fingerprint density at radius 2 is 1.70 bits per heavy atom. The summed E-state index contributed by atoms with van der Waals surface area (Å²) in [5.41, 5.74) is 14.9. The lowest BCUT2D eigenvalue weighted by Gasteiger charge is -2.24. The maximum atomic E-state index is 6.29. The van der Waals surface area contributed by atoms with Crippen LogP contribution >= 0.6 is 47.9 Å². The van der Waals surface area contributed by atoms with Crippen LogP contribution in [0.15, 0.2) is 40.2 Å². The fourth-order valence-electron chi connectivity index (χ4n) is 3.37. The van der Waals surface area contributed by atoms with Gasteiger partial charge < -0.3 is 5.73 Å². The highest BCUT2D eigenvalue weighted by atomic mass is 35.5. The number of hydrogen-bond donors (Lipinski definition) is 1. The van der Waals surface area contributed by atoms with Crippen LogP contribution < -0.4 is 5.73 Å². The highest BCUT2D eigenvalue weighted by Crippen LogP contribution is 2.37. The van der Waals surface area contributed by atoms with Crippen LogP contribution in [0.3, 0.4) is 0 Å². The molecule has 0 fully saturated rings. The van der Waals surface area contributed by atoms with Crippen molar-refractivity contribution in [2.24, 2.45) is 11.1 Å². The van der Waals surface area contributed by atoms with Crippen molar-refractivity contribution < 1.29 is 0 Å². The van der Waals surface area contributed by atoms with Gasteiger partial charge in [-0.1, -0.05) is 62.4 Å². The van der Waals surface area contributed by atoms with Crippen molar-refractivity contribution >= 4 is 47.9 Å². The third-order valence-electron chi connectivity index (χ3n) is 4.68. The molecule has 2 aromatic heterocycles. The molecule has 164 valence electrons. The first-order chi connectivity index (χ1) is 13.3. The largest absolute Gasteiger partial charge is 0.326 e. The molecule has 0 unspecified atom stereocenters. The van der Waals surface area contributed by atoms with E-state index in [0.717, 1.165) is 27.9 Å². The molecule has 0 amide bonds. The third kappa shape index (κ3) is 6.69. The van der Waals surface area contributed by atoms with Crippen molar-refractivity contribution in [1.82, 2.24) is 9.97 Å². The lowest BCUT2D eigenvalue weighted by molar-refractivity contribution is 0.404. The number of thioether (sulfide) groups is 1. The molecule has 0 saturated heterocycles. The minimum atomic E-state index is 0. The quantitative estimate of drug-likeness (QED) is 0.383. The summed E-state index contributed by atoms with van der Waals surface area (Å²) in [5.74, 6) is 0.846. The predicted octanol–water partition coefficient (Wildman–Crippen LogP) is 7.01. The predicted molar refractivity (Wildman–Crippen MR) is 136 cm³/mol. The van der Waals surface area contributed by atoms with E-state index in [9.17, 15) is 0 Å². The zero-order valence-corrected chi connectivity index (χ0v) is 21.5. The molecular weight excluding hydrogens is 453 g/mol. The van der Waals surface area contributed by atoms with E-state index in [-0.39, 0.29) is 30.2 Å². The van der Waals surface area contributed by atoms with Crippen LogP contribution in [0.2, 0.25) is 0 Å². The van der Waals surface area contributed by atoms with Crippen molar-refractivity contribution in [3.05, 3.63) is 63.9 Å². The molecule has 0 aliphatic carbocycles. The van der Waals surface area contributed by atoms with Gasteiger partial charge in [-0.05, 0) is 47.9 Å². The summed E-state index contributed by atoms with van der Waals surface area (Å²) in [6, 6.07) is 8.77. The van der Waals surface area contributed by atoms with E-state index < -0.39 is 0 Å². The highest BCUT2D eigenvalue weighted by Gasteiger charge is 2.22. The lowest BCUT2D eigenvalue weighted by Crippen LogP contribution is -2.17. The number of hydrogen-bond acceptors (Lipinski definition) is 5. The van der Waals surface area contributed by atoms with Gasteiger partial charge in [0.2, 0.25) is 0 Å². The fraction of sp³-hybridized carbons (Fsp3) is 0.391. The zero-order valence-electron chi connectivity index (χ0n) is 18.2. The van der Waals surface area contributed by atoms with E-state index in [1.807, 2.05) is 11.6 Å². The second-order valence-electron chi connectivity index (χ2n) is 8.37. The zero-order chi connectivity index (χ0) is 20.3. The van der Waals surface area contributed by atoms with Crippen molar-refractivity contribution in [3.63, 3.8) is 0 Å². The highest BCUT2D eigenvalue weighted by molar-refractivity contribution is 8.00. The minimum Gasteiger partial charge on any atom is -0.326 e. The molecule has 2 N–H and O–H groups in total.